The van der Waals surface area contributed by atoms with Gasteiger partial charge in [0.15, 0.2) is 0 Å². The Kier molecular flexibility index (Phi) is 5.04. The molecule has 1 aromatic carbocycles. The normalized spacial score (nSPS) is 21.1. The Morgan fingerprint density at radius 3 is 2.75 bits per heavy atom. The SMILES string of the molecule is Cc1noc(C)c1COC1CCN(CC(C)(O)c2ccccc2)C1. The summed E-state index contributed by atoms with van der Waals surface area (Å²) in [6.45, 7) is 8.66. The predicted octanol–water partition coefficient (Wildman–Crippen LogP) is 2.79. The molecule has 2 aromatic rings. The van der Waals surface area contributed by atoms with Gasteiger partial charge in [-0.25, -0.2) is 0 Å². The van der Waals surface area contributed by atoms with Gasteiger partial charge in [-0.05, 0) is 32.8 Å². The van der Waals surface area contributed by atoms with Crippen molar-refractivity contribution in [2.45, 2.75) is 45.5 Å². The van der Waals surface area contributed by atoms with Crippen molar-refractivity contribution in [2.75, 3.05) is 19.6 Å². The van der Waals surface area contributed by atoms with Crippen molar-refractivity contribution in [3.63, 3.8) is 0 Å². The van der Waals surface area contributed by atoms with Crippen LogP contribution in [-0.2, 0) is 16.9 Å². The summed E-state index contributed by atoms with van der Waals surface area (Å²) in [4.78, 5) is 2.27. The standard InChI is InChI=1S/C19H26N2O3/c1-14-18(15(2)24-20-14)12-23-17-9-10-21(11-17)13-19(3,22)16-7-5-4-6-8-16/h4-8,17,22H,9-13H2,1-3H3. The van der Waals surface area contributed by atoms with Crippen LogP contribution < -0.4 is 0 Å². The first kappa shape index (κ1) is 17.1. The minimum atomic E-state index is -0.849. The Labute approximate surface area is 143 Å². The number of aliphatic hydroxyl groups is 1. The number of aromatic nitrogens is 1. The fourth-order valence-corrected chi connectivity index (χ4v) is 3.31. The topological polar surface area (TPSA) is 58.7 Å². The van der Waals surface area contributed by atoms with Gasteiger partial charge < -0.3 is 14.4 Å². The molecule has 1 aliphatic heterocycles. The Balaban J connectivity index is 1.52. The number of likely N-dealkylation sites (tertiary alicyclic amines) is 1. The number of nitrogens with zero attached hydrogens (tertiary/aromatic N) is 2. The van der Waals surface area contributed by atoms with Crippen LogP contribution in [0.25, 0.3) is 0 Å². The lowest BCUT2D eigenvalue weighted by Crippen LogP contribution is -2.38. The van der Waals surface area contributed by atoms with Crippen LogP contribution in [0, 0.1) is 13.8 Å². The molecule has 1 N–H and O–H groups in total. The van der Waals surface area contributed by atoms with Crippen LogP contribution >= 0.6 is 0 Å². The molecule has 0 aliphatic carbocycles. The van der Waals surface area contributed by atoms with Crippen LogP contribution in [0.4, 0.5) is 0 Å². The van der Waals surface area contributed by atoms with E-state index in [2.05, 4.69) is 10.1 Å². The summed E-state index contributed by atoms with van der Waals surface area (Å²) < 4.78 is 11.2. The van der Waals surface area contributed by atoms with Gasteiger partial charge in [-0.1, -0.05) is 35.5 Å². The molecule has 1 fully saturated rings. The predicted molar refractivity (Wildman–Crippen MR) is 91.6 cm³/mol. The van der Waals surface area contributed by atoms with Crippen LogP contribution in [0.5, 0.6) is 0 Å². The molecule has 0 spiro atoms. The Hall–Kier alpha value is -1.69. The number of rotatable bonds is 6. The van der Waals surface area contributed by atoms with Crippen molar-refractivity contribution in [3.05, 3.63) is 52.9 Å². The van der Waals surface area contributed by atoms with Crippen molar-refractivity contribution in [1.82, 2.24) is 10.1 Å². The third kappa shape index (κ3) is 3.86. The van der Waals surface area contributed by atoms with Crippen LogP contribution in [-0.4, -0.2) is 40.9 Å². The minimum absolute atomic E-state index is 0.185. The van der Waals surface area contributed by atoms with E-state index >= 15 is 0 Å². The average Bonchev–Trinajstić information content (AvgIpc) is 3.13. The molecule has 2 unspecified atom stereocenters. The van der Waals surface area contributed by atoms with Gasteiger partial charge in [0.2, 0.25) is 0 Å². The third-order valence-electron chi connectivity index (χ3n) is 4.80. The van der Waals surface area contributed by atoms with E-state index in [0.29, 0.717) is 13.2 Å². The van der Waals surface area contributed by atoms with Gasteiger partial charge in [0, 0.05) is 25.2 Å². The van der Waals surface area contributed by atoms with Crippen molar-refractivity contribution < 1.29 is 14.4 Å². The molecular formula is C19H26N2O3. The summed E-state index contributed by atoms with van der Waals surface area (Å²) in [5.41, 5.74) is 2.04. The molecule has 5 heteroatoms. The van der Waals surface area contributed by atoms with E-state index in [4.69, 9.17) is 9.26 Å². The fraction of sp³-hybridized carbons (Fsp3) is 0.526. The van der Waals surface area contributed by atoms with Gasteiger partial charge in [0.25, 0.3) is 0 Å². The van der Waals surface area contributed by atoms with Gasteiger partial charge >= 0.3 is 0 Å². The molecule has 24 heavy (non-hydrogen) atoms. The number of β-amino-alcohol motifs (C(OH)–C–C–N with tert-alkyl or cyclic N) is 1. The molecule has 130 valence electrons. The van der Waals surface area contributed by atoms with E-state index in [1.54, 1.807) is 0 Å². The van der Waals surface area contributed by atoms with E-state index in [-0.39, 0.29) is 6.10 Å². The molecule has 0 bridgehead atoms. The minimum Gasteiger partial charge on any atom is -0.384 e. The van der Waals surface area contributed by atoms with E-state index < -0.39 is 5.60 Å². The molecule has 0 radical (unpaired) electrons. The molecule has 1 saturated heterocycles. The molecule has 5 nitrogen and oxygen atoms in total. The lowest BCUT2D eigenvalue weighted by atomic mass is 9.95. The van der Waals surface area contributed by atoms with Crippen molar-refractivity contribution in [3.8, 4) is 0 Å². The second kappa shape index (κ2) is 7.05. The Morgan fingerprint density at radius 1 is 1.33 bits per heavy atom. The Morgan fingerprint density at radius 2 is 2.08 bits per heavy atom. The molecular weight excluding hydrogens is 304 g/mol. The number of hydrogen-bond acceptors (Lipinski definition) is 5. The van der Waals surface area contributed by atoms with Gasteiger partial charge in [0.1, 0.15) is 5.76 Å². The first-order valence-corrected chi connectivity index (χ1v) is 8.49. The van der Waals surface area contributed by atoms with Crippen LogP contribution in [0.1, 0.15) is 35.9 Å². The number of aryl methyl sites for hydroxylation is 2. The second-order valence-electron chi connectivity index (χ2n) is 6.90. The third-order valence-corrected chi connectivity index (χ3v) is 4.80. The number of benzene rings is 1. The quantitative estimate of drug-likeness (QED) is 0.882. The van der Waals surface area contributed by atoms with Crippen molar-refractivity contribution >= 4 is 0 Å². The summed E-state index contributed by atoms with van der Waals surface area (Å²) in [5.74, 6) is 0.828. The van der Waals surface area contributed by atoms with Gasteiger partial charge in [0.05, 0.1) is 24.0 Å². The second-order valence-corrected chi connectivity index (χ2v) is 6.90. The maximum atomic E-state index is 10.8. The first-order valence-electron chi connectivity index (χ1n) is 8.49. The van der Waals surface area contributed by atoms with Crippen LogP contribution in [0.3, 0.4) is 0 Å². The fourth-order valence-electron chi connectivity index (χ4n) is 3.31. The lowest BCUT2D eigenvalue weighted by Gasteiger charge is -2.29. The molecule has 1 aromatic heterocycles. The van der Waals surface area contributed by atoms with Crippen LogP contribution in [0.15, 0.2) is 34.9 Å². The highest BCUT2D eigenvalue weighted by Gasteiger charge is 2.31. The summed E-state index contributed by atoms with van der Waals surface area (Å²) in [5, 5.41) is 14.7. The van der Waals surface area contributed by atoms with Crippen molar-refractivity contribution in [2.24, 2.45) is 0 Å². The molecule has 2 atom stereocenters. The summed E-state index contributed by atoms with van der Waals surface area (Å²) in [6.07, 6.45) is 1.17. The maximum absolute atomic E-state index is 10.8. The van der Waals surface area contributed by atoms with Gasteiger partial charge in [-0.15, -0.1) is 0 Å². The smallest absolute Gasteiger partial charge is 0.139 e. The Bertz CT molecular complexity index is 647. The van der Waals surface area contributed by atoms with E-state index in [1.165, 1.54) is 0 Å². The zero-order valence-corrected chi connectivity index (χ0v) is 14.7. The highest BCUT2D eigenvalue weighted by atomic mass is 16.5. The average molecular weight is 330 g/mol. The monoisotopic (exact) mass is 330 g/mol. The maximum Gasteiger partial charge on any atom is 0.139 e. The zero-order chi connectivity index (χ0) is 17.2. The number of ether oxygens (including phenoxy) is 1. The van der Waals surface area contributed by atoms with Crippen LogP contribution in [0.2, 0.25) is 0 Å². The summed E-state index contributed by atoms with van der Waals surface area (Å²) in [7, 11) is 0. The largest absolute Gasteiger partial charge is 0.384 e. The molecule has 3 rings (SSSR count). The van der Waals surface area contributed by atoms with Gasteiger partial charge in [-0.3, -0.25) is 4.90 Å². The van der Waals surface area contributed by atoms with Crippen molar-refractivity contribution in [1.29, 1.82) is 0 Å². The van der Waals surface area contributed by atoms with E-state index in [1.807, 2.05) is 51.1 Å². The lowest BCUT2D eigenvalue weighted by molar-refractivity contribution is 0.00944. The van der Waals surface area contributed by atoms with Gasteiger partial charge in [-0.2, -0.15) is 0 Å². The highest BCUT2D eigenvalue weighted by Crippen LogP contribution is 2.25. The molecule has 2 heterocycles. The van der Waals surface area contributed by atoms with E-state index in [0.717, 1.165) is 42.1 Å². The molecule has 1 aliphatic rings. The summed E-state index contributed by atoms with van der Waals surface area (Å²) in [6, 6.07) is 9.84. The molecule has 0 saturated carbocycles. The highest BCUT2D eigenvalue weighted by molar-refractivity contribution is 5.22. The zero-order valence-electron chi connectivity index (χ0n) is 14.7. The number of hydrogen-bond donors (Lipinski definition) is 1. The summed E-state index contributed by atoms with van der Waals surface area (Å²) >= 11 is 0. The van der Waals surface area contributed by atoms with E-state index in [9.17, 15) is 5.11 Å². The molecule has 0 amide bonds. The first-order chi connectivity index (χ1) is 11.5.